The van der Waals surface area contributed by atoms with Crippen molar-refractivity contribution in [1.29, 1.82) is 0 Å². The Balaban J connectivity index is 2.50. The number of aryl methyl sites for hydroxylation is 2. The maximum Gasteiger partial charge on any atom is 0.178 e. The SMILES string of the molecule is CCc1cccc(-c2c[n+](CC)ccc2Cl)c1. The van der Waals surface area contributed by atoms with Gasteiger partial charge in [0.05, 0.1) is 10.6 Å². The van der Waals surface area contributed by atoms with Crippen LogP contribution in [0.2, 0.25) is 5.02 Å². The standard InChI is InChI=1S/C15H17ClN/c1-3-12-6-5-7-13(10-12)14-11-17(4-2)9-8-15(14)16/h5-11H,3-4H2,1-2H3/q+1. The molecular formula is C15H17ClN+. The lowest BCUT2D eigenvalue weighted by Gasteiger charge is -2.05. The largest absolute Gasteiger partial charge is 0.205 e. The number of hydrogen-bond donors (Lipinski definition) is 0. The van der Waals surface area contributed by atoms with Crippen molar-refractivity contribution in [2.75, 3.05) is 0 Å². The smallest absolute Gasteiger partial charge is 0.178 e. The first-order chi connectivity index (χ1) is 8.24. The van der Waals surface area contributed by atoms with Gasteiger partial charge in [-0.25, -0.2) is 4.57 Å². The molecule has 0 aliphatic heterocycles. The van der Waals surface area contributed by atoms with E-state index in [0.29, 0.717) is 0 Å². The van der Waals surface area contributed by atoms with Crippen molar-refractivity contribution in [3.63, 3.8) is 0 Å². The first-order valence-corrected chi connectivity index (χ1v) is 6.40. The molecule has 2 rings (SSSR count). The number of hydrogen-bond acceptors (Lipinski definition) is 0. The molecule has 88 valence electrons. The van der Waals surface area contributed by atoms with Crippen molar-refractivity contribution in [3.8, 4) is 11.1 Å². The molecule has 0 amide bonds. The predicted molar refractivity (Wildman–Crippen MR) is 72.1 cm³/mol. The van der Waals surface area contributed by atoms with Crippen LogP contribution in [0.5, 0.6) is 0 Å². The minimum Gasteiger partial charge on any atom is -0.205 e. The molecule has 0 N–H and O–H groups in total. The average Bonchev–Trinajstić information content (AvgIpc) is 2.39. The topological polar surface area (TPSA) is 3.88 Å². The summed E-state index contributed by atoms with van der Waals surface area (Å²) in [5.74, 6) is 0. The molecule has 0 saturated carbocycles. The van der Waals surface area contributed by atoms with Gasteiger partial charge in [0, 0.05) is 6.07 Å². The minimum absolute atomic E-state index is 0.808. The molecule has 0 aliphatic rings. The Hall–Kier alpha value is -1.34. The van der Waals surface area contributed by atoms with Crippen molar-refractivity contribution in [2.45, 2.75) is 26.8 Å². The highest BCUT2D eigenvalue weighted by Crippen LogP contribution is 2.26. The van der Waals surface area contributed by atoms with Crippen LogP contribution in [0.25, 0.3) is 11.1 Å². The second kappa shape index (κ2) is 5.33. The number of halogens is 1. The Bertz CT molecular complexity index is 520. The molecule has 0 atom stereocenters. The molecule has 2 heteroatoms. The van der Waals surface area contributed by atoms with E-state index in [-0.39, 0.29) is 0 Å². The first kappa shape index (κ1) is 12.1. The van der Waals surface area contributed by atoms with E-state index in [2.05, 4.69) is 48.9 Å². The molecule has 1 heterocycles. The molecule has 1 aromatic heterocycles. The molecular weight excluding hydrogens is 230 g/mol. The van der Waals surface area contributed by atoms with Gasteiger partial charge in [-0.2, -0.15) is 0 Å². The fourth-order valence-electron chi connectivity index (χ4n) is 1.89. The Morgan fingerprint density at radius 3 is 2.71 bits per heavy atom. The Morgan fingerprint density at radius 1 is 1.18 bits per heavy atom. The minimum atomic E-state index is 0.808. The molecule has 0 saturated heterocycles. The fourth-order valence-corrected chi connectivity index (χ4v) is 2.10. The summed E-state index contributed by atoms with van der Waals surface area (Å²) < 4.78 is 2.14. The van der Waals surface area contributed by atoms with Gasteiger partial charge in [-0.3, -0.25) is 0 Å². The van der Waals surface area contributed by atoms with Crippen LogP contribution < -0.4 is 4.57 Å². The van der Waals surface area contributed by atoms with Gasteiger partial charge in [0.25, 0.3) is 0 Å². The lowest BCUT2D eigenvalue weighted by Crippen LogP contribution is -2.31. The third-order valence-electron chi connectivity index (χ3n) is 2.98. The van der Waals surface area contributed by atoms with Gasteiger partial charge in [0.15, 0.2) is 12.4 Å². The van der Waals surface area contributed by atoms with Crippen molar-refractivity contribution in [1.82, 2.24) is 0 Å². The normalized spacial score (nSPS) is 10.5. The quantitative estimate of drug-likeness (QED) is 0.724. The van der Waals surface area contributed by atoms with E-state index >= 15 is 0 Å². The third kappa shape index (κ3) is 2.67. The van der Waals surface area contributed by atoms with E-state index < -0.39 is 0 Å². The predicted octanol–water partition coefficient (Wildman–Crippen LogP) is 3.88. The van der Waals surface area contributed by atoms with Crippen molar-refractivity contribution in [3.05, 3.63) is 53.3 Å². The van der Waals surface area contributed by atoms with Gasteiger partial charge in [-0.05, 0) is 24.5 Å². The van der Waals surface area contributed by atoms with Gasteiger partial charge in [-0.1, -0.05) is 42.8 Å². The summed E-state index contributed by atoms with van der Waals surface area (Å²) in [7, 11) is 0. The van der Waals surface area contributed by atoms with Crippen LogP contribution in [-0.4, -0.2) is 0 Å². The van der Waals surface area contributed by atoms with Crippen LogP contribution in [0.15, 0.2) is 42.7 Å². The lowest BCUT2D eigenvalue weighted by atomic mass is 10.0. The monoisotopic (exact) mass is 246 g/mol. The highest BCUT2D eigenvalue weighted by Gasteiger charge is 2.09. The van der Waals surface area contributed by atoms with Gasteiger partial charge < -0.3 is 0 Å². The number of aromatic nitrogens is 1. The Kier molecular flexibility index (Phi) is 3.80. The van der Waals surface area contributed by atoms with Crippen LogP contribution in [0.1, 0.15) is 19.4 Å². The zero-order valence-electron chi connectivity index (χ0n) is 10.3. The summed E-state index contributed by atoms with van der Waals surface area (Å²) in [6, 6.07) is 10.5. The molecule has 0 radical (unpaired) electrons. The van der Waals surface area contributed by atoms with Gasteiger partial charge >= 0.3 is 0 Å². The van der Waals surface area contributed by atoms with Crippen LogP contribution in [0.4, 0.5) is 0 Å². The number of benzene rings is 1. The highest BCUT2D eigenvalue weighted by atomic mass is 35.5. The van der Waals surface area contributed by atoms with Gasteiger partial charge in [-0.15, -0.1) is 0 Å². The zero-order valence-corrected chi connectivity index (χ0v) is 11.0. The first-order valence-electron chi connectivity index (χ1n) is 6.02. The number of pyridine rings is 1. The van der Waals surface area contributed by atoms with E-state index in [0.717, 1.165) is 23.6 Å². The highest BCUT2D eigenvalue weighted by molar-refractivity contribution is 6.33. The summed E-state index contributed by atoms with van der Waals surface area (Å²) in [5, 5.41) is 0.808. The fraction of sp³-hybridized carbons (Fsp3) is 0.267. The van der Waals surface area contributed by atoms with E-state index in [9.17, 15) is 0 Å². The average molecular weight is 247 g/mol. The zero-order chi connectivity index (χ0) is 12.3. The molecule has 0 aliphatic carbocycles. The molecule has 0 unspecified atom stereocenters. The van der Waals surface area contributed by atoms with E-state index in [1.807, 2.05) is 12.3 Å². The molecule has 1 nitrogen and oxygen atoms in total. The lowest BCUT2D eigenvalue weighted by molar-refractivity contribution is -0.693. The molecule has 1 aromatic carbocycles. The summed E-state index contributed by atoms with van der Waals surface area (Å²) in [6.07, 6.45) is 5.17. The number of nitrogens with zero attached hydrogens (tertiary/aromatic N) is 1. The number of rotatable bonds is 3. The van der Waals surface area contributed by atoms with Gasteiger partial charge in [0.2, 0.25) is 0 Å². The second-order valence-electron chi connectivity index (χ2n) is 4.09. The second-order valence-corrected chi connectivity index (χ2v) is 4.50. The van der Waals surface area contributed by atoms with Crippen LogP contribution in [0, 0.1) is 0 Å². The maximum absolute atomic E-state index is 6.27. The van der Waals surface area contributed by atoms with Crippen LogP contribution in [0.3, 0.4) is 0 Å². The van der Waals surface area contributed by atoms with E-state index in [4.69, 9.17) is 11.6 Å². The Labute approximate surface area is 108 Å². The summed E-state index contributed by atoms with van der Waals surface area (Å²) in [4.78, 5) is 0. The van der Waals surface area contributed by atoms with Crippen molar-refractivity contribution in [2.24, 2.45) is 0 Å². The summed E-state index contributed by atoms with van der Waals surface area (Å²) in [6.45, 7) is 5.25. The summed E-state index contributed by atoms with van der Waals surface area (Å²) in [5.41, 5.74) is 3.63. The van der Waals surface area contributed by atoms with Crippen molar-refractivity contribution < 1.29 is 4.57 Å². The molecule has 0 bridgehead atoms. The third-order valence-corrected chi connectivity index (χ3v) is 3.31. The van der Waals surface area contributed by atoms with Crippen LogP contribution in [-0.2, 0) is 13.0 Å². The van der Waals surface area contributed by atoms with E-state index in [1.54, 1.807) is 0 Å². The van der Waals surface area contributed by atoms with E-state index in [1.165, 1.54) is 11.1 Å². The molecule has 0 fully saturated rings. The molecule has 17 heavy (non-hydrogen) atoms. The maximum atomic E-state index is 6.27. The Morgan fingerprint density at radius 2 is 2.00 bits per heavy atom. The van der Waals surface area contributed by atoms with Crippen molar-refractivity contribution >= 4 is 11.6 Å². The molecule has 0 spiro atoms. The van der Waals surface area contributed by atoms with Crippen LogP contribution >= 0.6 is 11.6 Å². The molecule has 2 aromatic rings. The summed E-state index contributed by atoms with van der Waals surface area (Å²) >= 11 is 6.27. The van der Waals surface area contributed by atoms with Gasteiger partial charge in [0.1, 0.15) is 6.54 Å².